The van der Waals surface area contributed by atoms with E-state index in [1.54, 1.807) is 12.4 Å². The van der Waals surface area contributed by atoms with Crippen LogP contribution in [0.1, 0.15) is 5.82 Å². The molecule has 4 heterocycles. The molecular weight excluding hydrogens is 284 g/mol. The summed E-state index contributed by atoms with van der Waals surface area (Å²) in [6.07, 6.45) is 7.43. The normalized spacial score (nSPS) is 14.2. The number of rotatable bonds is 2. The van der Waals surface area contributed by atoms with Crippen molar-refractivity contribution in [1.82, 2.24) is 18.9 Å². The first kappa shape index (κ1) is 12.3. The lowest BCUT2D eigenvalue weighted by Gasteiger charge is -2.28. The van der Waals surface area contributed by atoms with E-state index in [1.165, 1.54) is 11.5 Å². The van der Waals surface area contributed by atoms with Gasteiger partial charge in [0.15, 0.2) is 0 Å². The Bertz CT molecular complexity index is 763. The van der Waals surface area contributed by atoms with Gasteiger partial charge in [0.2, 0.25) is 0 Å². The van der Waals surface area contributed by atoms with Gasteiger partial charge in [-0.2, -0.15) is 4.37 Å². The Kier molecular flexibility index (Phi) is 2.85. The Labute approximate surface area is 126 Å². The summed E-state index contributed by atoms with van der Waals surface area (Å²) in [7, 11) is 0. The number of aromatic nitrogens is 4. The maximum absolute atomic E-state index is 6.09. The van der Waals surface area contributed by atoms with Gasteiger partial charge in [-0.3, -0.25) is 4.98 Å². The zero-order valence-electron chi connectivity index (χ0n) is 11.3. The van der Waals surface area contributed by atoms with Crippen LogP contribution in [-0.2, 0) is 13.1 Å². The largest absolute Gasteiger partial charge is 0.382 e. The molecule has 106 valence electrons. The van der Waals surface area contributed by atoms with Crippen molar-refractivity contribution in [2.75, 3.05) is 17.2 Å². The van der Waals surface area contributed by atoms with E-state index in [1.807, 2.05) is 24.5 Å². The first-order chi connectivity index (χ1) is 10.3. The third-order valence-corrected chi connectivity index (χ3v) is 4.62. The molecule has 0 amide bonds. The molecule has 6 nitrogen and oxygen atoms in total. The molecule has 4 rings (SSSR count). The molecule has 0 saturated heterocycles. The second-order valence-corrected chi connectivity index (χ2v) is 5.69. The lowest BCUT2D eigenvalue weighted by molar-refractivity contribution is 0.563. The first-order valence-corrected chi connectivity index (χ1v) is 7.51. The van der Waals surface area contributed by atoms with Crippen molar-refractivity contribution in [3.8, 4) is 11.1 Å². The predicted molar refractivity (Wildman–Crippen MR) is 83.0 cm³/mol. The fraction of sp³-hybridized carbons (Fsp3) is 0.214. The topological polar surface area (TPSA) is 72.9 Å². The minimum atomic E-state index is 0.579. The van der Waals surface area contributed by atoms with Crippen LogP contribution in [0.15, 0.2) is 36.9 Å². The van der Waals surface area contributed by atoms with Gasteiger partial charge in [0.05, 0.1) is 12.1 Å². The zero-order valence-corrected chi connectivity index (χ0v) is 12.1. The summed E-state index contributed by atoms with van der Waals surface area (Å²) in [5.74, 6) is 1.66. The Balaban J connectivity index is 1.74. The van der Waals surface area contributed by atoms with E-state index in [2.05, 4.69) is 23.8 Å². The highest BCUT2D eigenvalue weighted by Gasteiger charge is 2.23. The number of nitrogen functional groups attached to an aromatic ring is 1. The average molecular weight is 298 g/mol. The number of pyridine rings is 1. The van der Waals surface area contributed by atoms with E-state index in [0.29, 0.717) is 5.82 Å². The fourth-order valence-electron chi connectivity index (χ4n) is 2.65. The molecule has 0 unspecified atom stereocenters. The summed E-state index contributed by atoms with van der Waals surface area (Å²) in [5.41, 5.74) is 8.14. The van der Waals surface area contributed by atoms with Crippen LogP contribution in [0.2, 0.25) is 0 Å². The van der Waals surface area contributed by atoms with Crippen LogP contribution >= 0.6 is 11.5 Å². The zero-order chi connectivity index (χ0) is 14.2. The maximum atomic E-state index is 6.09. The van der Waals surface area contributed by atoms with Crippen molar-refractivity contribution in [3.63, 3.8) is 0 Å². The van der Waals surface area contributed by atoms with Crippen LogP contribution in [-0.4, -0.2) is 25.5 Å². The van der Waals surface area contributed by atoms with E-state index < -0.39 is 0 Å². The highest BCUT2D eigenvalue weighted by Crippen LogP contribution is 2.40. The molecule has 0 aliphatic carbocycles. The number of nitrogens with zero attached hydrogens (tertiary/aromatic N) is 5. The van der Waals surface area contributed by atoms with Crippen LogP contribution in [0, 0.1) is 0 Å². The van der Waals surface area contributed by atoms with Crippen molar-refractivity contribution >= 4 is 22.4 Å². The highest BCUT2D eigenvalue weighted by molar-refractivity contribution is 7.11. The lowest BCUT2D eigenvalue weighted by Crippen LogP contribution is -2.33. The predicted octanol–water partition coefficient (Wildman–Crippen LogP) is 2.00. The number of anilines is 2. The molecule has 0 spiro atoms. The Morgan fingerprint density at radius 1 is 1.14 bits per heavy atom. The molecule has 3 aromatic heterocycles. The smallest absolute Gasteiger partial charge is 0.147 e. The van der Waals surface area contributed by atoms with Gasteiger partial charge in [-0.15, -0.1) is 0 Å². The number of hydrogen-bond acceptors (Lipinski definition) is 6. The van der Waals surface area contributed by atoms with Crippen molar-refractivity contribution < 1.29 is 0 Å². The summed E-state index contributed by atoms with van der Waals surface area (Å²) in [6.45, 7) is 2.65. The fourth-order valence-corrected chi connectivity index (χ4v) is 3.51. The van der Waals surface area contributed by atoms with Gasteiger partial charge in [0, 0.05) is 37.9 Å². The number of fused-ring (bicyclic) bond motifs is 1. The van der Waals surface area contributed by atoms with Crippen LogP contribution < -0.4 is 10.6 Å². The third-order valence-electron chi connectivity index (χ3n) is 3.70. The van der Waals surface area contributed by atoms with Crippen molar-refractivity contribution in [1.29, 1.82) is 0 Å². The van der Waals surface area contributed by atoms with Crippen LogP contribution in [0.5, 0.6) is 0 Å². The van der Waals surface area contributed by atoms with Gasteiger partial charge >= 0.3 is 0 Å². The summed E-state index contributed by atoms with van der Waals surface area (Å²) in [5, 5.41) is 1.10. The monoisotopic (exact) mass is 298 g/mol. The van der Waals surface area contributed by atoms with E-state index in [4.69, 9.17) is 5.73 Å². The van der Waals surface area contributed by atoms with Gasteiger partial charge in [-0.05, 0) is 29.2 Å². The van der Waals surface area contributed by atoms with E-state index in [0.717, 1.165) is 41.6 Å². The molecular formula is C14H14N6S. The maximum Gasteiger partial charge on any atom is 0.147 e. The molecule has 0 radical (unpaired) electrons. The van der Waals surface area contributed by atoms with Gasteiger partial charge in [0.1, 0.15) is 16.6 Å². The molecule has 1 aliphatic heterocycles. The third kappa shape index (κ3) is 2.06. The van der Waals surface area contributed by atoms with Crippen molar-refractivity contribution in [2.24, 2.45) is 0 Å². The van der Waals surface area contributed by atoms with E-state index >= 15 is 0 Å². The Morgan fingerprint density at radius 3 is 2.86 bits per heavy atom. The molecule has 0 aromatic carbocycles. The van der Waals surface area contributed by atoms with Crippen LogP contribution in [0.25, 0.3) is 11.1 Å². The van der Waals surface area contributed by atoms with Gasteiger partial charge in [0.25, 0.3) is 0 Å². The summed E-state index contributed by atoms with van der Waals surface area (Å²) < 4.78 is 6.53. The standard InChI is InChI=1S/C14H14N6S/c15-13-12(10-1-3-16-4-2-10)14(21-18-13)20-8-7-19-6-5-17-11(19)9-20/h1-6H,7-9H2,(H2,15,18). The molecule has 3 aromatic rings. The lowest BCUT2D eigenvalue weighted by atomic mass is 10.1. The summed E-state index contributed by atoms with van der Waals surface area (Å²) in [4.78, 5) is 10.8. The number of imidazole rings is 1. The quantitative estimate of drug-likeness (QED) is 0.783. The van der Waals surface area contributed by atoms with Crippen molar-refractivity contribution in [3.05, 3.63) is 42.7 Å². The summed E-state index contributed by atoms with van der Waals surface area (Å²) >= 11 is 1.45. The van der Waals surface area contributed by atoms with Crippen LogP contribution in [0.3, 0.4) is 0 Å². The van der Waals surface area contributed by atoms with Gasteiger partial charge in [-0.1, -0.05) is 0 Å². The summed E-state index contributed by atoms with van der Waals surface area (Å²) in [6, 6.07) is 3.93. The average Bonchev–Trinajstić information content (AvgIpc) is 3.13. The molecule has 7 heteroatoms. The second-order valence-electron chi connectivity index (χ2n) is 4.94. The van der Waals surface area contributed by atoms with E-state index in [9.17, 15) is 0 Å². The van der Waals surface area contributed by atoms with Crippen molar-refractivity contribution in [2.45, 2.75) is 13.1 Å². The molecule has 2 N–H and O–H groups in total. The van der Waals surface area contributed by atoms with Gasteiger partial charge < -0.3 is 15.2 Å². The first-order valence-electron chi connectivity index (χ1n) is 6.73. The second kappa shape index (κ2) is 4.85. The number of hydrogen-bond donors (Lipinski definition) is 1. The van der Waals surface area contributed by atoms with E-state index in [-0.39, 0.29) is 0 Å². The van der Waals surface area contributed by atoms with Gasteiger partial charge in [-0.25, -0.2) is 4.98 Å². The molecule has 0 fully saturated rings. The Morgan fingerprint density at radius 2 is 2.00 bits per heavy atom. The van der Waals surface area contributed by atoms with Crippen LogP contribution in [0.4, 0.5) is 10.8 Å². The molecule has 1 aliphatic rings. The highest BCUT2D eigenvalue weighted by atomic mass is 32.1. The Hall–Kier alpha value is -2.41. The molecule has 0 atom stereocenters. The minimum absolute atomic E-state index is 0.579. The molecule has 0 saturated carbocycles. The SMILES string of the molecule is Nc1nsc(N2CCn3ccnc3C2)c1-c1ccncc1. The molecule has 21 heavy (non-hydrogen) atoms. The molecule has 0 bridgehead atoms. The minimum Gasteiger partial charge on any atom is -0.382 e. The number of nitrogens with two attached hydrogens (primary N) is 1.